The summed E-state index contributed by atoms with van der Waals surface area (Å²) in [4.78, 5) is 26.2. The Morgan fingerprint density at radius 1 is 1.03 bits per heavy atom. The summed E-state index contributed by atoms with van der Waals surface area (Å²) in [5.74, 6) is 1.78. The monoisotopic (exact) mass is 408 g/mol. The van der Waals surface area contributed by atoms with Crippen LogP contribution < -0.4 is 4.90 Å². The van der Waals surface area contributed by atoms with E-state index in [0.29, 0.717) is 24.8 Å². The second-order valence-electron chi connectivity index (χ2n) is 8.21. The molecule has 8 heteroatoms. The van der Waals surface area contributed by atoms with E-state index in [1.165, 1.54) is 18.6 Å². The minimum Gasteiger partial charge on any atom is -0.352 e. The molecule has 0 radical (unpaired) electrons. The number of halogens is 1. The molecule has 2 aromatic heterocycles. The molecule has 1 aliphatic heterocycles. The van der Waals surface area contributed by atoms with Crippen LogP contribution in [0.3, 0.4) is 0 Å². The summed E-state index contributed by atoms with van der Waals surface area (Å²) >= 11 is 0. The fourth-order valence-electron chi connectivity index (χ4n) is 4.31. The van der Waals surface area contributed by atoms with Crippen molar-refractivity contribution in [2.24, 2.45) is 5.92 Å². The standard InChI is InChI=1S/C22H25FN6O/c1-14-19-20(27-10-12-28(13-11-27)22(30)16-4-3-5-16)24-15(2)25-21(19)29(26-14)18-8-6-17(23)7-9-18/h6-9,16H,3-5,10-13H2,1-2H3. The molecule has 1 aliphatic carbocycles. The molecule has 0 atom stereocenters. The fourth-order valence-corrected chi connectivity index (χ4v) is 4.31. The van der Waals surface area contributed by atoms with Crippen molar-refractivity contribution >= 4 is 22.8 Å². The van der Waals surface area contributed by atoms with Gasteiger partial charge >= 0.3 is 0 Å². The molecule has 5 rings (SSSR count). The maximum Gasteiger partial charge on any atom is 0.225 e. The van der Waals surface area contributed by atoms with Crippen molar-refractivity contribution in [3.63, 3.8) is 0 Å². The van der Waals surface area contributed by atoms with Crippen molar-refractivity contribution in [3.8, 4) is 5.69 Å². The number of piperazine rings is 1. The number of carbonyl (C=O) groups is 1. The number of hydrogen-bond acceptors (Lipinski definition) is 5. The topological polar surface area (TPSA) is 67.2 Å². The number of rotatable bonds is 3. The first-order chi connectivity index (χ1) is 14.5. The Hall–Kier alpha value is -3.03. The average Bonchev–Trinajstić information content (AvgIpc) is 3.03. The maximum atomic E-state index is 13.4. The van der Waals surface area contributed by atoms with Crippen LogP contribution in [0.5, 0.6) is 0 Å². The van der Waals surface area contributed by atoms with E-state index in [2.05, 4.69) is 15.0 Å². The van der Waals surface area contributed by atoms with Gasteiger partial charge in [-0.05, 0) is 51.0 Å². The quantitative estimate of drug-likeness (QED) is 0.667. The fraction of sp³-hybridized carbons (Fsp3) is 0.455. The number of aromatic nitrogens is 4. The zero-order valence-corrected chi connectivity index (χ0v) is 17.3. The smallest absolute Gasteiger partial charge is 0.225 e. The summed E-state index contributed by atoms with van der Waals surface area (Å²) in [6.45, 7) is 6.73. The number of hydrogen-bond donors (Lipinski definition) is 0. The van der Waals surface area contributed by atoms with E-state index in [4.69, 9.17) is 4.98 Å². The van der Waals surface area contributed by atoms with Gasteiger partial charge in [0.1, 0.15) is 17.5 Å². The molecule has 30 heavy (non-hydrogen) atoms. The summed E-state index contributed by atoms with van der Waals surface area (Å²) in [5.41, 5.74) is 2.31. The number of carbonyl (C=O) groups excluding carboxylic acids is 1. The molecule has 1 amide bonds. The second-order valence-corrected chi connectivity index (χ2v) is 8.21. The molecule has 2 aliphatic rings. The van der Waals surface area contributed by atoms with Crippen LogP contribution in [0.2, 0.25) is 0 Å². The van der Waals surface area contributed by atoms with Crippen molar-refractivity contribution in [1.29, 1.82) is 0 Å². The van der Waals surface area contributed by atoms with Gasteiger partial charge in [-0.1, -0.05) is 6.42 Å². The molecule has 1 saturated carbocycles. The maximum absolute atomic E-state index is 13.4. The molecular weight excluding hydrogens is 383 g/mol. The predicted molar refractivity (Wildman–Crippen MR) is 112 cm³/mol. The molecule has 0 bridgehead atoms. The number of nitrogens with zero attached hydrogens (tertiary/aromatic N) is 6. The molecule has 156 valence electrons. The highest BCUT2D eigenvalue weighted by Gasteiger charge is 2.32. The van der Waals surface area contributed by atoms with Gasteiger partial charge in [0.25, 0.3) is 0 Å². The Kier molecular flexibility index (Phi) is 4.64. The molecule has 0 N–H and O–H groups in total. The van der Waals surface area contributed by atoms with E-state index in [9.17, 15) is 9.18 Å². The van der Waals surface area contributed by atoms with Crippen LogP contribution >= 0.6 is 0 Å². The third-order valence-electron chi connectivity index (χ3n) is 6.21. The van der Waals surface area contributed by atoms with Gasteiger partial charge < -0.3 is 9.80 Å². The molecule has 3 aromatic rings. The lowest BCUT2D eigenvalue weighted by Gasteiger charge is -2.38. The largest absolute Gasteiger partial charge is 0.352 e. The van der Waals surface area contributed by atoms with Crippen molar-refractivity contribution in [2.45, 2.75) is 33.1 Å². The van der Waals surface area contributed by atoms with E-state index in [0.717, 1.165) is 54.2 Å². The van der Waals surface area contributed by atoms with Crippen LogP contribution in [0.4, 0.5) is 10.2 Å². The van der Waals surface area contributed by atoms with Crippen LogP contribution in [-0.2, 0) is 4.79 Å². The first kappa shape index (κ1) is 19.0. The number of aryl methyl sites for hydroxylation is 2. The Morgan fingerprint density at radius 2 is 1.73 bits per heavy atom. The molecule has 0 unspecified atom stereocenters. The third kappa shape index (κ3) is 3.20. The van der Waals surface area contributed by atoms with Crippen molar-refractivity contribution in [1.82, 2.24) is 24.6 Å². The lowest BCUT2D eigenvalue weighted by atomic mass is 9.84. The lowest BCUT2D eigenvalue weighted by molar-refractivity contribution is -0.138. The zero-order chi connectivity index (χ0) is 20.8. The Bertz CT molecular complexity index is 1100. The highest BCUT2D eigenvalue weighted by molar-refractivity contribution is 5.91. The third-order valence-corrected chi connectivity index (χ3v) is 6.21. The van der Waals surface area contributed by atoms with E-state index in [-0.39, 0.29) is 11.7 Å². The molecule has 0 spiro atoms. The predicted octanol–water partition coefficient (Wildman–Crippen LogP) is 3.02. The van der Waals surface area contributed by atoms with Crippen LogP contribution in [0.1, 0.15) is 30.8 Å². The molecule has 3 heterocycles. The molecule has 2 fully saturated rings. The van der Waals surface area contributed by atoms with E-state index in [1.54, 1.807) is 16.8 Å². The van der Waals surface area contributed by atoms with Crippen LogP contribution in [0.15, 0.2) is 24.3 Å². The second kappa shape index (κ2) is 7.34. The number of anilines is 1. The van der Waals surface area contributed by atoms with Gasteiger partial charge in [0.15, 0.2) is 5.65 Å². The van der Waals surface area contributed by atoms with Crippen LogP contribution in [0.25, 0.3) is 16.7 Å². The normalized spacial score (nSPS) is 17.4. The van der Waals surface area contributed by atoms with E-state index < -0.39 is 0 Å². The highest BCUT2D eigenvalue weighted by Crippen LogP contribution is 2.31. The number of fused-ring (bicyclic) bond motifs is 1. The van der Waals surface area contributed by atoms with Gasteiger partial charge in [-0.2, -0.15) is 5.10 Å². The summed E-state index contributed by atoms with van der Waals surface area (Å²) in [5, 5.41) is 5.58. The Balaban J connectivity index is 1.46. The number of benzene rings is 1. The summed E-state index contributed by atoms with van der Waals surface area (Å²) in [6, 6.07) is 6.24. The van der Waals surface area contributed by atoms with Crippen molar-refractivity contribution in [3.05, 3.63) is 41.6 Å². The first-order valence-corrected chi connectivity index (χ1v) is 10.5. The van der Waals surface area contributed by atoms with Crippen molar-refractivity contribution in [2.75, 3.05) is 31.1 Å². The van der Waals surface area contributed by atoms with Gasteiger partial charge in [-0.15, -0.1) is 0 Å². The molecule has 1 saturated heterocycles. The average molecular weight is 408 g/mol. The minimum absolute atomic E-state index is 0.237. The molecule has 1 aromatic carbocycles. The zero-order valence-electron chi connectivity index (χ0n) is 17.3. The SMILES string of the molecule is Cc1nc(N2CCN(C(=O)C3CCC3)CC2)c2c(C)nn(-c3ccc(F)cc3)c2n1. The molecule has 7 nitrogen and oxygen atoms in total. The van der Waals surface area contributed by atoms with Crippen LogP contribution in [-0.4, -0.2) is 56.7 Å². The summed E-state index contributed by atoms with van der Waals surface area (Å²) < 4.78 is 15.1. The summed E-state index contributed by atoms with van der Waals surface area (Å²) in [7, 11) is 0. The Morgan fingerprint density at radius 3 is 2.37 bits per heavy atom. The van der Waals surface area contributed by atoms with Gasteiger partial charge in [-0.3, -0.25) is 4.79 Å². The minimum atomic E-state index is -0.284. The van der Waals surface area contributed by atoms with Gasteiger partial charge in [0.2, 0.25) is 5.91 Å². The molecular formula is C22H25FN6O. The number of amides is 1. The highest BCUT2D eigenvalue weighted by atomic mass is 19.1. The lowest BCUT2D eigenvalue weighted by Crippen LogP contribution is -2.51. The van der Waals surface area contributed by atoms with Crippen LogP contribution in [0, 0.1) is 25.6 Å². The van der Waals surface area contributed by atoms with Crippen molar-refractivity contribution < 1.29 is 9.18 Å². The van der Waals surface area contributed by atoms with Gasteiger partial charge in [-0.25, -0.2) is 19.0 Å². The van der Waals surface area contributed by atoms with Gasteiger partial charge in [0, 0.05) is 32.1 Å². The van der Waals surface area contributed by atoms with Gasteiger partial charge in [0.05, 0.1) is 16.8 Å². The summed E-state index contributed by atoms with van der Waals surface area (Å²) in [6.07, 6.45) is 3.24. The van der Waals surface area contributed by atoms with E-state index >= 15 is 0 Å². The van der Waals surface area contributed by atoms with E-state index in [1.807, 2.05) is 18.7 Å². The first-order valence-electron chi connectivity index (χ1n) is 10.5. The Labute approximate surface area is 174 Å².